The molecule has 11 nitrogen and oxygen atoms in total. The highest BCUT2D eigenvalue weighted by atomic mass is 16.7. The molecule has 11 heteroatoms. The van der Waals surface area contributed by atoms with Gasteiger partial charge in [-0.1, -0.05) is 74.0 Å². The Balaban J connectivity index is 1.45. The fourth-order valence-corrected chi connectivity index (χ4v) is 4.64. The van der Waals surface area contributed by atoms with E-state index in [9.17, 15) is 24.3 Å². The van der Waals surface area contributed by atoms with Crippen molar-refractivity contribution in [2.75, 3.05) is 6.61 Å². The number of carbonyl (C=O) groups excluding carboxylic acids is 3. The van der Waals surface area contributed by atoms with E-state index in [-0.39, 0.29) is 12.0 Å². The molecule has 0 spiro atoms. The normalized spacial score (nSPS) is 11.3. The smallest absolute Gasteiger partial charge is 0.369 e. The molecule has 234 valence electrons. The average Bonchev–Trinajstić information content (AvgIpc) is 3.45. The summed E-state index contributed by atoms with van der Waals surface area (Å²) >= 11 is 0. The first-order valence-corrected chi connectivity index (χ1v) is 14.7. The predicted molar refractivity (Wildman–Crippen MR) is 166 cm³/mol. The molecule has 45 heavy (non-hydrogen) atoms. The maximum atomic E-state index is 13.7. The Hall–Kier alpha value is -5.45. The number of para-hydroxylation sites is 1. The molecule has 4 aromatic rings. The van der Waals surface area contributed by atoms with E-state index in [0.717, 1.165) is 29.8 Å². The molecule has 0 saturated heterocycles. The van der Waals surface area contributed by atoms with Gasteiger partial charge in [0, 0.05) is 19.0 Å². The standard InChI is InChI=1S/C34H36N4O7/c1-2-3-14-30-35-21-29(38(30)22-25-15-17-26(18-16-25)34(42)43)33(41)36-27(19-24-10-6-4-7-11-24)20-31(39)37-45-32(40)23-44-28-12-8-5-9-13-28/h4-13,15-18,21,27H,2-3,14,19-20,22-23H2,1H3,(H,36,41)(H,37,39)(H,42,43)/t27-/m0/s1. The van der Waals surface area contributed by atoms with Crippen molar-refractivity contribution in [1.29, 1.82) is 0 Å². The van der Waals surface area contributed by atoms with Crippen LogP contribution in [0, 0.1) is 0 Å². The van der Waals surface area contributed by atoms with Crippen LogP contribution in [0.1, 0.15) is 64.0 Å². The van der Waals surface area contributed by atoms with Gasteiger partial charge >= 0.3 is 11.9 Å². The van der Waals surface area contributed by atoms with Crippen molar-refractivity contribution >= 4 is 23.8 Å². The van der Waals surface area contributed by atoms with Crippen LogP contribution in [0.5, 0.6) is 5.75 Å². The third kappa shape index (κ3) is 10.1. The summed E-state index contributed by atoms with van der Waals surface area (Å²) in [6.45, 7) is 1.99. The monoisotopic (exact) mass is 612 g/mol. The Labute approximate surface area is 261 Å². The fourth-order valence-electron chi connectivity index (χ4n) is 4.64. The Morgan fingerprint density at radius 3 is 2.27 bits per heavy atom. The van der Waals surface area contributed by atoms with Gasteiger partial charge in [0.05, 0.1) is 18.2 Å². The largest absolute Gasteiger partial charge is 0.482 e. The van der Waals surface area contributed by atoms with Gasteiger partial charge in [0.15, 0.2) is 6.61 Å². The number of hydrogen-bond acceptors (Lipinski definition) is 7. The summed E-state index contributed by atoms with van der Waals surface area (Å²) < 4.78 is 7.16. The number of amides is 2. The minimum Gasteiger partial charge on any atom is -0.482 e. The first-order valence-electron chi connectivity index (χ1n) is 14.7. The van der Waals surface area contributed by atoms with Gasteiger partial charge in [-0.3, -0.25) is 9.59 Å². The van der Waals surface area contributed by atoms with Gasteiger partial charge in [-0.25, -0.2) is 14.6 Å². The zero-order valence-electron chi connectivity index (χ0n) is 25.0. The molecule has 1 heterocycles. The van der Waals surface area contributed by atoms with Gasteiger partial charge in [0.2, 0.25) is 0 Å². The third-order valence-corrected chi connectivity index (χ3v) is 6.94. The van der Waals surface area contributed by atoms with Crippen LogP contribution in [0.3, 0.4) is 0 Å². The van der Waals surface area contributed by atoms with Crippen molar-refractivity contribution in [3.63, 3.8) is 0 Å². The summed E-state index contributed by atoms with van der Waals surface area (Å²) in [6.07, 6.45) is 4.17. The van der Waals surface area contributed by atoms with Crippen LogP contribution in [0.25, 0.3) is 0 Å². The Bertz CT molecular complexity index is 1570. The number of hydrogen-bond donors (Lipinski definition) is 3. The number of nitrogens with one attached hydrogen (secondary N) is 2. The lowest BCUT2D eigenvalue weighted by molar-refractivity contribution is -0.160. The molecule has 0 aliphatic rings. The summed E-state index contributed by atoms with van der Waals surface area (Å²) in [5.41, 5.74) is 4.35. The van der Waals surface area contributed by atoms with E-state index in [4.69, 9.17) is 9.57 Å². The van der Waals surface area contributed by atoms with Gasteiger partial charge in [0.1, 0.15) is 17.3 Å². The second-order valence-electron chi connectivity index (χ2n) is 10.4. The van der Waals surface area contributed by atoms with Crippen LogP contribution >= 0.6 is 0 Å². The van der Waals surface area contributed by atoms with Crippen LogP contribution in [0.4, 0.5) is 0 Å². The molecule has 4 rings (SSSR count). The van der Waals surface area contributed by atoms with Gasteiger partial charge in [0.25, 0.3) is 11.8 Å². The Kier molecular flexibility index (Phi) is 11.8. The molecule has 3 aromatic carbocycles. The molecule has 0 aliphatic heterocycles. The second-order valence-corrected chi connectivity index (χ2v) is 10.4. The number of carboxylic acids is 1. The van der Waals surface area contributed by atoms with Crippen molar-refractivity contribution in [3.05, 3.63) is 119 Å². The van der Waals surface area contributed by atoms with Crippen LogP contribution in [0.2, 0.25) is 0 Å². The van der Waals surface area contributed by atoms with Crippen LogP contribution in [-0.4, -0.2) is 51.1 Å². The number of aryl methyl sites for hydroxylation is 1. The maximum absolute atomic E-state index is 13.7. The van der Waals surface area contributed by atoms with Crippen molar-refractivity contribution < 1.29 is 33.9 Å². The molecular weight excluding hydrogens is 576 g/mol. The molecule has 0 bridgehead atoms. The Morgan fingerprint density at radius 1 is 0.911 bits per heavy atom. The van der Waals surface area contributed by atoms with E-state index in [1.165, 1.54) is 18.3 Å². The van der Waals surface area contributed by atoms with E-state index >= 15 is 0 Å². The van der Waals surface area contributed by atoms with Crippen molar-refractivity contribution in [2.45, 2.75) is 51.6 Å². The summed E-state index contributed by atoms with van der Waals surface area (Å²) in [6, 6.07) is 24.0. The lowest BCUT2D eigenvalue weighted by atomic mass is 10.0. The van der Waals surface area contributed by atoms with E-state index in [0.29, 0.717) is 30.8 Å². The molecule has 1 aromatic heterocycles. The summed E-state index contributed by atoms with van der Waals surface area (Å²) in [5.74, 6) is -1.60. The van der Waals surface area contributed by atoms with Crippen LogP contribution in [-0.2, 0) is 33.8 Å². The number of carboxylic acid groups (broad SMARTS) is 1. The average molecular weight is 613 g/mol. The van der Waals surface area contributed by atoms with Crippen molar-refractivity contribution in [3.8, 4) is 5.75 Å². The molecule has 1 atom stereocenters. The fraction of sp³-hybridized carbons (Fsp3) is 0.265. The van der Waals surface area contributed by atoms with Crippen LogP contribution < -0.4 is 15.5 Å². The van der Waals surface area contributed by atoms with E-state index in [2.05, 4.69) is 22.7 Å². The minimum absolute atomic E-state index is 0.166. The molecule has 2 amide bonds. The quantitative estimate of drug-likeness (QED) is 0.168. The zero-order valence-corrected chi connectivity index (χ0v) is 25.0. The minimum atomic E-state index is -1.02. The number of aromatic nitrogens is 2. The predicted octanol–water partition coefficient (Wildman–Crippen LogP) is 4.36. The second kappa shape index (κ2) is 16.4. The Morgan fingerprint density at radius 2 is 1.60 bits per heavy atom. The number of carbonyl (C=O) groups is 4. The van der Waals surface area contributed by atoms with Crippen molar-refractivity contribution in [1.82, 2.24) is 20.3 Å². The molecule has 0 saturated carbocycles. The van der Waals surface area contributed by atoms with Crippen molar-refractivity contribution in [2.24, 2.45) is 0 Å². The molecule has 0 radical (unpaired) electrons. The van der Waals surface area contributed by atoms with Crippen LogP contribution in [0.15, 0.2) is 91.1 Å². The summed E-state index contributed by atoms with van der Waals surface area (Å²) in [7, 11) is 0. The lowest BCUT2D eigenvalue weighted by Crippen LogP contribution is -2.42. The first kappa shape index (κ1) is 32.5. The van der Waals surface area contributed by atoms with Gasteiger partial charge < -0.3 is 24.6 Å². The third-order valence-electron chi connectivity index (χ3n) is 6.94. The number of benzene rings is 3. The highest BCUT2D eigenvalue weighted by Crippen LogP contribution is 2.15. The molecule has 3 N–H and O–H groups in total. The SMILES string of the molecule is CCCCc1ncc(C(=O)N[C@H](CC(=O)NOC(=O)COc2ccccc2)Cc2ccccc2)n1Cc1ccc(C(=O)O)cc1. The number of aromatic carboxylic acids is 1. The highest BCUT2D eigenvalue weighted by molar-refractivity contribution is 5.93. The topological polar surface area (TPSA) is 149 Å². The molecule has 0 fully saturated rings. The number of unbranched alkanes of at least 4 members (excludes halogenated alkanes) is 1. The van der Waals surface area contributed by atoms with Gasteiger partial charge in [-0.15, -0.1) is 0 Å². The van der Waals surface area contributed by atoms with E-state index in [1.54, 1.807) is 36.4 Å². The molecule has 0 aliphatic carbocycles. The number of nitrogens with zero attached hydrogens (tertiary/aromatic N) is 2. The highest BCUT2D eigenvalue weighted by Gasteiger charge is 2.23. The number of rotatable bonds is 15. The van der Waals surface area contributed by atoms with E-state index in [1.807, 2.05) is 41.0 Å². The zero-order chi connectivity index (χ0) is 32.0. The van der Waals surface area contributed by atoms with E-state index < -0.39 is 36.4 Å². The summed E-state index contributed by atoms with van der Waals surface area (Å²) in [4.78, 5) is 59.3. The van der Waals surface area contributed by atoms with Gasteiger partial charge in [-0.05, 0) is 48.2 Å². The number of hydroxylamine groups is 1. The first-order chi connectivity index (χ1) is 21.8. The molecule has 0 unspecified atom stereocenters. The number of imidazole rings is 1. The number of ether oxygens (including phenoxy) is 1. The summed E-state index contributed by atoms with van der Waals surface area (Å²) in [5, 5.41) is 12.2. The maximum Gasteiger partial charge on any atom is 0.369 e. The molecular formula is C34H36N4O7. The lowest BCUT2D eigenvalue weighted by Gasteiger charge is -2.20. The van der Waals surface area contributed by atoms with Gasteiger partial charge in [-0.2, -0.15) is 5.48 Å².